The summed E-state index contributed by atoms with van der Waals surface area (Å²) in [4.78, 5) is 19.0. The van der Waals surface area contributed by atoms with Crippen molar-refractivity contribution in [3.05, 3.63) is 18.3 Å². The molecule has 21 heavy (non-hydrogen) atoms. The zero-order valence-corrected chi connectivity index (χ0v) is 12.5. The van der Waals surface area contributed by atoms with E-state index in [1.807, 2.05) is 12.1 Å². The molecule has 114 valence electrons. The number of carbonyl (C=O) groups excluding carboxylic acids is 1. The maximum atomic E-state index is 12.5. The van der Waals surface area contributed by atoms with Crippen molar-refractivity contribution in [3.63, 3.8) is 0 Å². The summed E-state index contributed by atoms with van der Waals surface area (Å²) in [5.41, 5.74) is -0.379. The Hall–Kier alpha value is -1.82. The topological polar surface area (TPSA) is 63.7 Å². The zero-order valence-electron chi connectivity index (χ0n) is 12.5. The Bertz CT molecular complexity index is 537. The average molecular weight is 291 g/mol. The van der Waals surface area contributed by atoms with E-state index in [2.05, 4.69) is 15.2 Å². The Kier molecular flexibility index (Phi) is 3.71. The number of methoxy groups -OCH3 is 1. The van der Waals surface area contributed by atoms with Gasteiger partial charge >= 0.3 is 0 Å². The molecule has 2 saturated heterocycles. The van der Waals surface area contributed by atoms with Crippen LogP contribution in [0.25, 0.3) is 0 Å². The first-order chi connectivity index (χ1) is 10.2. The Balaban J connectivity index is 1.92. The van der Waals surface area contributed by atoms with Crippen LogP contribution in [-0.2, 0) is 9.53 Å². The molecule has 1 N–H and O–H groups in total. The Morgan fingerprint density at radius 3 is 3.24 bits per heavy atom. The van der Waals surface area contributed by atoms with Crippen LogP contribution in [0.2, 0.25) is 0 Å². The molecule has 1 aromatic rings. The lowest BCUT2D eigenvalue weighted by molar-refractivity contribution is -0.138. The lowest BCUT2D eigenvalue weighted by Crippen LogP contribution is -2.49. The third kappa shape index (κ3) is 2.23. The monoisotopic (exact) mass is 291 g/mol. The summed E-state index contributed by atoms with van der Waals surface area (Å²) in [6, 6.07) is 3.75. The Morgan fingerprint density at radius 1 is 1.62 bits per heavy atom. The van der Waals surface area contributed by atoms with Gasteiger partial charge in [0.1, 0.15) is 0 Å². The maximum absolute atomic E-state index is 12.5. The Labute approximate surface area is 124 Å². The van der Waals surface area contributed by atoms with Gasteiger partial charge in [-0.2, -0.15) is 0 Å². The number of hydrogen-bond acceptors (Lipinski definition) is 5. The van der Waals surface area contributed by atoms with E-state index in [1.54, 1.807) is 20.4 Å². The van der Waals surface area contributed by atoms with Crippen molar-refractivity contribution in [1.82, 2.24) is 10.3 Å². The summed E-state index contributed by atoms with van der Waals surface area (Å²) < 4.78 is 11.0. The van der Waals surface area contributed by atoms with Crippen LogP contribution in [-0.4, -0.2) is 51.4 Å². The summed E-state index contributed by atoms with van der Waals surface area (Å²) in [7, 11) is 3.34. The molecule has 3 rings (SSSR count). The number of carbonyl (C=O) groups is 1. The number of amides is 1. The average Bonchev–Trinajstić information content (AvgIpc) is 2.94. The van der Waals surface area contributed by atoms with E-state index < -0.39 is 0 Å². The van der Waals surface area contributed by atoms with Crippen molar-refractivity contribution in [3.8, 4) is 5.75 Å². The third-order valence-corrected chi connectivity index (χ3v) is 4.66. The first kappa shape index (κ1) is 14.1. The standard InChI is InChI=1S/C15H21N3O3/c1-16-14(19)15-5-7-21-9-11(15)8-18(10-15)13-12(20-2)4-3-6-17-13/h3-4,6,11H,5,7-10H2,1-2H3,(H,16,19)/t11-,15+/m1/s1. The lowest BCUT2D eigenvalue weighted by atomic mass is 9.73. The number of fused-ring (bicyclic) bond motifs is 1. The quantitative estimate of drug-likeness (QED) is 0.887. The number of nitrogens with zero attached hydrogens (tertiary/aromatic N) is 2. The molecule has 2 fully saturated rings. The molecule has 6 heteroatoms. The van der Waals surface area contributed by atoms with Gasteiger partial charge in [-0.3, -0.25) is 4.79 Å². The number of pyridine rings is 1. The van der Waals surface area contributed by atoms with Gasteiger partial charge < -0.3 is 19.7 Å². The highest BCUT2D eigenvalue weighted by Gasteiger charge is 2.53. The van der Waals surface area contributed by atoms with E-state index in [0.717, 1.165) is 24.5 Å². The van der Waals surface area contributed by atoms with Crippen molar-refractivity contribution in [2.75, 3.05) is 45.4 Å². The molecule has 0 unspecified atom stereocenters. The van der Waals surface area contributed by atoms with Gasteiger partial charge in [0.05, 0.1) is 19.1 Å². The summed E-state index contributed by atoms with van der Waals surface area (Å²) in [6.07, 6.45) is 2.51. The highest BCUT2D eigenvalue weighted by molar-refractivity contribution is 5.84. The van der Waals surface area contributed by atoms with Crippen LogP contribution in [0, 0.1) is 11.3 Å². The van der Waals surface area contributed by atoms with Crippen LogP contribution in [0.5, 0.6) is 5.75 Å². The van der Waals surface area contributed by atoms with E-state index in [0.29, 0.717) is 19.8 Å². The van der Waals surface area contributed by atoms with Crippen LogP contribution < -0.4 is 15.0 Å². The molecule has 2 aliphatic rings. The fourth-order valence-corrected chi connectivity index (χ4v) is 3.51. The molecule has 1 aromatic heterocycles. The molecule has 2 atom stereocenters. The molecule has 0 spiro atoms. The van der Waals surface area contributed by atoms with Crippen molar-refractivity contribution in [2.45, 2.75) is 6.42 Å². The molecule has 0 aliphatic carbocycles. The van der Waals surface area contributed by atoms with E-state index in [1.165, 1.54) is 0 Å². The van der Waals surface area contributed by atoms with E-state index in [4.69, 9.17) is 9.47 Å². The second kappa shape index (κ2) is 5.52. The van der Waals surface area contributed by atoms with Crippen molar-refractivity contribution in [2.24, 2.45) is 11.3 Å². The molecule has 0 radical (unpaired) electrons. The number of hydrogen-bond donors (Lipinski definition) is 1. The molecule has 2 aliphatic heterocycles. The van der Waals surface area contributed by atoms with Gasteiger partial charge in [0.25, 0.3) is 0 Å². The van der Waals surface area contributed by atoms with Crippen LogP contribution in [0.3, 0.4) is 0 Å². The van der Waals surface area contributed by atoms with Crippen molar-refractivity contribution >= 4 is 11.7 Å². The third-order valence-electron chi connectivity index (χ3n) is 4.66. The van der Waals surface area contributed by atoms with Gasteiger partial charge in [0.2, 0.25) is 5.91 Å². The normalized spacial score (nSPS) is 28.1. The van der Waals surface area contributed by atoms with Crippen LogP contribution in [0.1, 0.15) is 6.42 Å². The molecule has 0 bridgehead atoms. The SMILES string of the molecule is CNC(=O)[C@]12CCOC[C@H]1CN(c1ncccc1OC)C2. The number of aromatic nitrogens is 1. The number of anilines is 1. The van der Waals surface area contributed by atoms with E-state index in [-0.39, 0.29) is 17.2 Å². The van der Waals surface area contributed by atoms with Gasteiger partial charge in [-0.05, 0) is 18.6 Å². The van der Waals surface area contributed by atoms with Gasteiger partial charge in [-0.1, -0.05) is 0 Å². The van der Waals surface area contributed by atoms with Crippen LogP contribution >= 0.6 is 0 Å². The highest BCUT2D eigenvalue weighted by atomic mass is 16.5. The second-order valence-electron chi connectivity index (χ2n) is 5.67. The number of rotatable bonds is 3. The minimum atomic E-state index is -0.379. The van der Waals surface area contributed by atoms with Crippen LogP contribution in [0.4, 0.5) is 5.82 Å². The smallest absolute Gasteiger partial charge is 0.228 e. The van der Waals surface area contributed by atoms with Crippen molar-refractivity contribution in [1.29, 1.82) is 0 Å². The maximum Gasteiger partial charge on any atom is 0.228 e. The zero-order chi connectivity index (χ0) is 14.9. The Morgan fingerprint density at radius 2 is 2.48 bits per heavy atom. The summed E-state index contributed by atoms with van der Waals surface area (Å²) in [5, 5.41) is 2.82. The molecule has 0 saturated carbocycles. The molecule has 0 aromatic carbocycles. The van der Waals surface area contributed by atoms with Gasteiger partial charge in [-0.15, -0.1) is 0 Å². The summed E-state index contributed by atoms with van der Waals surface area (Å²) in [6.45, 7) is 2.69. The molecular formula is C15H21N3O3. The summed E-state index contributed by atoms with van der Waals surface area (Å²) >= 11 is 0. The summed E-state index contributed by atoms with van der Waals surface area (Å²) in [5.74, 6) is 1.84. The first-order valence-corrected chi connectivity index (χ1v) is 7.25. The van der Waals surface area contributed by atoms with Gasteiger partial charge in [0.15, 0.2) is 11.6 Å². The van der Waals surface area contributed by atoms with E-state index >= 15 is 0 Å². The van der Waals surface area contributed by atoms with Crippen LogP contribution in [0.15, 0.2) is 18.3 Å². The van der Waals surface area contributed by atoms with Gasteiger partial charge in [0, 0.05) is 38.9 Å². The van der Waals surface area contributed by atoms with Crippen molar-refractivity contribution < 1.29 is 14.3 Å². The number of ether oxygens (including phenoxy) is 2. The fraction of sp³-hybridized carbons (Fsp3) is 0.600. The molecule has 1 amide bonds. The number of nitrogens with one attached hydrogen (secondary N) is 1. The molecule has 3 heterocycles. The first-order valence-electron chi connectivity index (χ1n) is 7.25. The second-order valence-corrected chi connectivity index (χ2v) is 5.67. The predicted octanol–water partition coefficient (Wildman–Crippen LogP) is 0.679. The predicted molar refractivity (Wildman–Crippen MR) is 78.4 cm³/mol. The van der Waals surface area contributed by atoms with E-state index in [9.17, 15) is 4.79 Å². The van der Waals surface area contributed by atoms with Gasteiger partial charge in [-0.25, -0.2) is 4.98 Å². The molecule has 6 nitrogen and oxygen atoms in total. The largest absolute Gasteiger partial charge is 0.493 e. The fourth-order valence-electron chi connectivity index (χ4n) is 3.51. The minimum absolute atomic E-state index is 0.105. The molecular weight excluding hydrogens is 270 g/mol. The lowest BCUT2D eigenvalue weighted by Gasteiger charge is -2.36. The highest BCUT2D eigenvalue weighted by Crippen LogP contribution is 2.44. The minimum Gasteiger partial charge on any atom is -0.493 e.